The predicted molar refractivity (Wildman–Crippen MR) is 106 cm³/mol. The summed E-state index contributed by atoms with van der Waals surface area (Å²) in [5.41, 5.74) is 0. The number of fused-ring (bicyclic) bond motifs is 1. The zero-order chi connectivity index (χ0) is 21.8. The van der Waals surface area contributed by atoms with E-state index in [1.807, 2.05) is 0 Å². The molecule has 30 heavy (non-hydrogen) atoms. The van der Waals surface area contributed by atoms with Crippen LogP contribution in [0, 0.1) is 11.8 Å². The van der Waals surface area contributed by atoms with Crippen LogP contribution in [0.3, 0.4) is 0 Å². The molecule has 0 bridgehead atoms. The molecule has 1 saturated heterocycles. The van der Waals surface area contributed by atoms with Gasteiger partial charge in [-0.15, -0.1) is 0 Å². The molecule has 5 amide bonds. The van der Waals surface area contributed by atoms with Crippen LogP contribution >= 0.6 is 0 Å². The number of nitrogens with zero attached hydrogens (tertiary/aromatic N) is 1. The quantitative estimate of drug-likeness (QED) is 0.514. The number of carbonyl (C=O) groups excluding carboxylic acids is 5. The van der Waals surface area contributed by atoms with Gasteiger partial charge in [0.05, 0.1) is 11.8 Å². The predicted octanol–water partition coefficient (Wildman–Crippen LogP) is 1.64. The molecule has 0 radical (unpaired) electrons. The molecule has 3 rings (SSSR count). The number of hydrogen-bond donors (Lipinski definition) is 2. The molecule has 2 N–H and O–H groups in total. The number of likely N-dealkylation sites (tertiary alicyclic amines) is 1. The van der Waals surface area contributed by atoms with Crippen molar-refractivity contribution in [1.82, 2.24) is 15.5 Å². The van der Waals surface area contributed by atoms with Crippen molar-refractivity contribution in [2.75, 3.05) is 0 Å². The highest BCUT2D eigenvalue weighted by atomic mass is 16.5. The van der Waals surface area contributed by atoms with Gasteiger partial charge in [-0.1, -0.05) is 32.1 Å². The lowest BCUT2D eigenvalue weighted by molar-refractivity contribution is -0.163. The van der Waals surface area contributed by atoms with E-state index in [0.29, 0.717) is 12.8 Å². The standard InChI is InChI=1S/C21H31N3O6/c1-12(24-18(26)15-10-6-7-11-16(15)19(24)27)20(28)30-13(2)17(25)23-21(29)22-14-8-4-3-5-9-14/h12-16H,3-11H2,1-2H3,(H2,22,23,25,29). The molecule has 1 aliphatic heterocycles. The topological polar surface area (TPSA) is 122 Å². The first-order chi connectivity index (χ1) is 14.3. The fourth-order valence-electron chi connectivity index (χ4n) is 4.68. The largest absolute Gasteiger partial charge is 0.451 e. The van der Waals surface area contributed by atoms with Crippen molar-refractivity contribution in [3.05, 3.63) is 0 Å². The van der Waals surface area contributed by atoms with Crippen LogP contribution in [-0.4, -0.2) is 52.8 Å². The van der Waals surface area contributed by atoms with Crippen LogP contribution in [0.15, 0.2) is 0 Å². The second-order valence-electron chi connectivity index (χ2n) is 8.60. The van der Waals surface area contributed by atoms with Crippen LogP contribution in [0.4, 0.5) is 4.79 Å². The number of ether oxygens (including phenoxy) is 1. The smallest absolute Gasteiger partial charge is 0.329 e. The van der Waals surface area contributed by atoms with E-state index in [9.17, 15) is 24.0 Å². The lowest BCUT2D eigenvalue weighted by Gasteiger charge is -2.24. The molecule has 0 spiro atoms. The van der Waals surface area contributed by atoms with Gasteiger partial charge in [0, 0.05) is 6.04 Å². The third-order valence-electron chi connectivity index (χ3n) is 6.44. The number of imide groups is 2. The first-order valence-electron chi connectivity index (χ1n) is 11.0. The number of nitrogens with one attached hydrogen (secondary N) is 2. The van der Waals surface area contributed by atoms with E-state index in [1.54, 1.807) is 0 Å². The van der Waals surface area contributed by atoms with Crippen molar-refractivity contribution in [3.63, 3.8) is 0 Å². The molecule has 4 atom stereocenters. The highest BCUT2D eigenvalue weighted by Crippen LogP contribution is 2.38. The summed E-state index contributed by atoms with van der Waals surface area (Å²) in [6.07, 6.45) is 6.86. The summed E-state index contributed by atoms with van der Waals surface area (Å²) in [5, 5.41) is 4.94. The van der Waals surface area contributed by atoms with Gasteiger partial charge in [-0.05, 0) is 39.5 Å². The Bertz CT molecular complexity index is 694. The molecule has 3 fully saturated rings. The molecule has 166 valence electrons. The van der Waals surface area contributed by atoms with Gasteiger partial charge in [0.2, 0.25) is 11.8 Å². The maximum absolute atomic E-state index is 12.6. The second-order valence-corrected chi connectivity index (χ2v) is 8.60. The fraction of sp³-hybridized carbons (Fsp3) is 0.762. The molecule has 0 aromatic rings. The van der Waals surface area contributed by atoms with Gasteiger partial charge >= 0.3 is 12.0 Å². The monoisotopic (exact) mass is 421 g/mol. The van der Waals surface area contributed by atoms with Crippen LogP contribution in [0.1, 0.15) is 71.6 Å². The number of urea groups is 1. The first-order valence-corrected chi connectivity index (χ1v) is 11.0. The summed E-state index contributed by atoms with van der Waals surface area (Å²) in [5.74, 6) is -2.98. The minimum absolute atomic E-state index is 0.0418. The Labute approximate surface area is 176 Å². The summed E-state index contributed by atoms with van der Waals surface area (Å²) < 4.78 is 5.15. The molecular formula is C21H31N3O6. The van der Waals surface area contributed by atoms with Crippen molar-refractivity contribution < 1.29 is 28.7 Å². The van der Waals surface area contributed by atoms with Crippen molar-refractivity contribution in [2.45, 2.75) is 89.8 Å². The average molecular weight is 421 g/mol. The molecule has 9 heteroatoms. The van der Waals surface area contributed by atoms with Crippen LogP contribution in [0.25, 0.3) is 0 Å². The lowest BCUT2D eigenvalue weighted by Crippen LogP contribution is -2.50. The van der Waals surface area contributed by atoms with Crippen LogP contribution in [0.2, 0.25) is 0 Å². The van der Waals surface area contributed by atoms with Crippen molar-refractivity contribution in [3.8, 4) is 0 Å². The Balaban J connectivity index is 1.50. The third kappa shape index (κ3) is 4.82. The molecular weight excluding hydrogens is 390 g/mol. The van der Waals surface area contributed by atoms with E-state index in [1.165, 1.54) is 13.8 Å². The van der Waals surface area contributed by atoms with E-state index >= 15 is 0 Å². The van der Waals surface area contributed by atoms with E-state index in [4.69, 9.17) is 4.74 Å². The summed E-state index contributed by atoms with van der Waals surface area (Å²) in [6, 6.07) is -1.68. The summed E-state index contributed by atoms with van der Waals surface area (Å²) in [4.78, 5) is 62.9. The van der Waals surface area contributed by atoms with Gasteiger partial charge in [-0.3, -0.25) is 24.6 Å². The molecule has 4 unspecified atom stereocenters. The summed E-state index contributed by atoms with van der Waals surface area (Å²) in [6.45, 7) is 2.77. The van der Waals surface area contributed by atoms with Crippen LogP contribution in [0.5, 0.6) is 0 Å². The molecule has 1 heterocycles. The van der Waals surface area contributed by atoms with E-state index in [0.717, 1.165) is 49.8 Å². The maximum Gasteiger partial charge on any atom is 0.329 e. The highest BCUT2D eigenvalue weighted by Gasteiger charge is 2.51. The van der Waals surface area contributed by atoms with E-state index < -0.39 is 30.1 Å². The molecule has 0 aromatic carbocycles. The van der Waals surface area contributed by atoms with E-state index in [2.05, 4.69) is 10.6 Å². The lowest BCUT2D eigenvalue weighted by atomic mass is 9.81. The number of hydrogen-bond acceptors (Lipinski definition) is 6. The molecule has 9 nitrogen and oxygen atoms in total. The van der Waals surface area contributed by atoms with Gasteiger partial charge in [0.15, 0.2) is 6.10 Å². The van der Waals surface area contributed by atoms with Crippen LogP contribution in [-0.2, 0) is 23.9 Å². The van der Waals surface area contributed by atoms with Crippen LogP contribution < -0.4 is 10.6 Å². The Morgan fingerprint density at radius 3 is 2.00 bits per heavy atom. The van der Waals surface area contributed by atoms with E-state index in [-0.39, 0.29) is 29.7 Å². The normalized spacial score (nSPS) is 26.5. The number of amides is 5. The SMILES string of the molecule is CC(OC(=O)C(C)N1C(=O)C2CCCCC2C1=O)C(=O)NC(=O)NC1CCCCC1. The van der Waals surface area contributed by atoms with Gasteiger partial charge in [-0.2, -0.15) is 0 Å². The van der Waals surface area contributed by atoms with Gasteiger partial charge in [-0.25, -0.2) is 9.59 Å². The van der Waals surface area contributed by atoms with Crippen molar-refractivity contribution in [1.29, 1.82) is 0 Å². The number of esters is 1. The first kappa shape index (κ1) is 22.2. The molecule has 2 aliphatic carbocycles. The number of rotatable bonds is 5. The average Bonchev–Trinajstić information content (AvgIpc) is 2.98. The molecule has 2 saturated carbocycles. The minimum Gasteiger partial charge on any atom is -0.451 e. The Kier molecular flexibility index (Phi) is 7.10. The third-order valence-corrected chi connectivity index (χ3v) is 6.44. The molecule has 3 aliphatic rings. The van der Waals surface area contributed by atoms with Gasteiger partial charge in [0.25, 0.3) is 5.91 Å². The summed E-state index contributed by atoms with van der Waals surface area (Å²) >= 11 is 0. The Hall–Kier alpha value is -2.45. The highest BCUT2D eigenvalue weighted by molar-refractivity contribution is 6.08. The van der Waals surface area contributed by atoms with Crippen molar-refractivity contribution in [2.24, 2.45) is 11.8 Å². The van der Waals surface area contributed by atoms with Gasteiger partial charge in [0.1, 0.15) is 6.04 Å². The minimum atomic E-state index is -1.23. The van der Waals surface area contributed by atoms with Gasteiger partial charge < -0.3 is 10.1 Å². The zero-order valence-electron chi connectivity index (χ0n) is 17.6. The maximum atomic E-state index is 12.6. The fourth-order valence-corrected chi connectivity index (χ4v) is 4.68. The Morgan fingerprint density at radius 2 is 1.43 bits per heavy atom. The zero-order valence-corrected chi connectivity index (χ0v) is 17.6. The summed E-state index contributed by atoms with van der Waals surface area (Å²) in [7, 11) is 0. The molecule has 0 aromatic heterocycles. The van der Waals surface area contributed by atoms with Crippen molar-refractivity contribution >= 4 is 29.7 Å². The Morgan fingerprint density at radius 1 is 0.900 bits per heavy atom. The number of carbonyl (C=O) groups is 5. The second kappa shape index (κ2) is 9.57.